The number of amides is 1. The maximum absolute atomic E-state index is 12.2. The van der Waals surface area contributed by atoms with Crippen LogP contribution in [0.5, 0.6) is 5.75 Å². The van der Waals surface area contributed by atoms with Crippen molar-refractivity contribution < 1.29 is 9.90 Å². The Balaban J connectivity index is 1.83. The molecule has 2 heterocycles. The monoisotopic (exact) mass is 383 g/mol. The second-order valence-electron chi connectivity index (χ2n) is 5.73. The average Bonchev–Trinajstić information content (AvgIpc) is 2.97. The molecule has 0 spiro atoms. The number of aromatic hydroxyl groups is 1. The van der Waals surface area contributed by atoms with Crippen LogP contribution in [0.2, 0.25) is 0 Å². The van der Waals surface area contributed by atoms with Crippen LogP contribution in [0.3, 0.4) is 0 Å². The Labute approximate surface area is 147 Å². The van der Waals surface area contributed by atoms with Gasteiger partial charge < -0.3 is 10.4 Å². The number of hydrogen-bond acceptors (Lipinski definition) is 3. The number of nitrogens with zero attached hydrogens (tertiary/aromatic N) is 2. The van der Waals surface area contributed by atoms with E-state index in [2.05, 4.69) is 26.2 Å². The molecule has 1 amide bonds. The number of anilines is 1. The molecule has 1 atom stereocenters. The quantitative estimate of drug-likeness (QED) is 0.706. The van der Waals surface area contributed by atoms with Crippen molar-refractivity contribution >= 4 is 27.7 Å². The van der Waals surface area contributed by atoms with Crippen LogP contribution in [0.4, 0.5) is 5.82 Å². The number of nitrogens with one attached hydrogen (secondary N) is 1. The molecule has 0 unspecified atom stereocenters. The smallest absolute Gasteiger partial charge is 0.226 e. The Kier molecular flexibility index (Phi) is 3.61. The number of imidazole rings is 1. The number of carbonyl (C=O) groups excluding carboxylic acids is 1. The van der Waals surface area contributed by atoms with Gasteiger partial charge in [-0.15, -0.1) is 0 Å². The summed E-state index contributed by atoms with van der Waals surface area (Å²) >= 11 is 3.46. The number of halogens is 1. The van der Waals surface area contributed by atoms with Gasteiger partial charge in [0.25, 0.3) is 0 Å². The normalized spacial score (nSPS) is 16.5. The van der Waals surface area contributed by atoms with E-state index in [1.54, 1.807) is 24.5 Å². The van der Waals surface area contributed by atoms with Crippen LogP contribution in [-0.2, 0) is 4.79 Å². The minimum absolute atomic E-state index is 0.0624. The zero-order chi connectivity index (χ0) is 16.7. The summed E-state index contributed by atoms with van der Waals surface area (Å²) in [6.45, 7) is 0. The van der Waals surface area contributed by atoms with E-state index < -0.39 is 0 Å². The van der Waals surface area contributed by atoms with Crippen LogP contribution in [0.25, 0.3) is 5.69 Å². The molecule has 2 N–H and O–H groups in total. The molecule has 4 rings (SSSR count). The number of phenols is 1. The van der Waals surface area contributed by atoms with Gasteiger partial charge >= 0.3 is 0 Å². The highest BCUT2D eigenvalue weighted by Crippen LogP contribution is 2.38. The first-order chi connectivity index (χ1) is 11.6. The van der Waals surface area contributed by atoms with Gasteiger partial charge in [-0.3, -0.25) is 9.36 Å². The predicted molar refractivity (Wildman–Crippen MR) is 94.5 cm³/mol. The zero-order valence-electron chi connectivity index (χ0n) is 12.6. The van der Waals surface area contributed by atoms with Gasteiger partial charge in [0.2, 0.25) is 5.91 Å². The molecule has 2 aromatic carbocycles. The average molecular weight is 384 g/mol. The molecule has 5 nitrogen and oxygen atoms in total. The van der Waals surface area contributed by atoms with Crippen molar-refractivity contribution in [1.29, 1.82) is 0 Å². The molecule has 6 heteroatoms. The van der Waals surface area contributed by atoms with Crippen molar-refractivity contribution in [1.82, 2.24) is 9.55 Å². The first-order valence-electron chi connectivity index (χ1n) is 7.54. The van der Waals surface area contributed by atoms with Gasteiger partial charge in [0.15, 0.2) is 0 Å². The Hall–Kier alpha value is -2.60. The molecule has 0 saturated heterocycles. The highest BCUT2D eigenvalue weighted by atomic mass is 79.9. The van der Waals surface area contributed by atoms with E-state index >= 15 is 0 Å². The van der Waals surface area contributed by atoms with Gasteiger partial charge in [-0.25, -0.2) is 4.98 Å². The number of phenolic OH excluding ortho intramolecular Hbond substituents is 1. The lowest BCUT2D eigenvalue weighted by atomic mass is 9.90. The summed E-state index contributed by atoms with van der Waals surface area (Å²) in [4.78, 5) is 16.8. The van der Waals surface area contributed by atoms with E-state index in [9.17, 15) is 9.90 Å². The number of aromatic nitrogens is 2. The highest BCUT2D eigenvalue weighted by molar-refractivity contribution is 9.10. The fourth-order valence-corrected chi connectivity index (χ4v) is 3.43. The van der Waals surface area contributed by atoms with Crippen LogP contribution in [0.15, 0.2) is 59.3 Å². The number of benzene rings is 2. The number of rotatable bonds is 2. The molecule has 0 aliphatic carbocycles. The Bertz CT molecular complexity index is 936. The number of fused-ring (bicyclic) bond motifs is 1. The van der Waals surface area contributed by atoms with Crippen LogP contribution in [-0.4, -0.2) is 20.6 Å². The molecule has 0 bridgehead atoms. The SMILES string of the molecule is O=C1C[C@H](c2cccc(O)c2)c2ncn(-c3cccc(Br)c3)c2N1. The lowest BCUT2D eigenvalue weighted by Crippen LogP contribution is -2.24. The Morgan fingerprint density at radius 1 is 1.21 bits per heavy atom. The first-order valence-corrected chi connectivity index (χ1v) is 8.33. The molecule has 1 aromatic heterocycles. The topological polar surface area (TPSA) is 67.1 Å². The minimum atomic E-state index is -0.172. The molecule has 120 valence electrons. The highest BCUT2D eigenvalue weighted by Gasteiger charge is 2.31. The molecular formula is C18H14BrN3O2. The third kappa shape index (κ3) is 2.59. The van der Waals surface area contributed by atoms with E-state index in [0.29, 0.717) is 12.2 Å². The predicted octanol–water partition coefficient (Wildman–Crippen LogP) is 3.81. The molecule has 1 aliphatic heterocycles. The second kappa shape index (κ2) is 5.79. The standard InChI is InChI=1S/C18H14BrN3O2/c19-12-4-2-5-13(8-12)22-10-20-17-15(9-16(24)21-18(17)22)11-3-1-6-14(23)7-11/h1-8,10,15,23H,9H2,(H,21,24)/t15-/m1/s1. The van der Waals surface area contributed by atoms with Gasteiger partial charge in [-0.1, -0.05) is 34.1 Å². The van der Waals surface area contributed by atoms with Crippen molar-refractivity contribution in [2.24, 2.45) is 0 Å². The Morgan fingerprint density at radius 2 is 2.04 bits per heavy atom. The van der Waals surface area contributed by atoms with Gasteiger partial charge in [0.05, 0.1) is 5.69 Å². The van der Waals surface area contributed by atoms with Crippen molar-refractivity contribution in [2.45, 2.75) is 12.3 Å². The van der Waals surface area contributed by atoms with Gasteiger partial charge in [-0.05, 0) is 35.9 Å². The molecular weight excluding hydrogens is 370 g/mol. The van der Waals surface area contributed by atoms with E-state index in [1.807, 2.05) is 34.9 Å². The molecule has 1 aliphatic rings. The maximum atomic E-state index is 12.2. The lowest BCUT2D eigenvalue weighted by molar-refractivity contribution is -0.116. The first kappa shape index (κ1) is 15.0. The van der Waals surface area contributed by atoms with Crippen LogP contribution >= 0.6 is 15.9 Å². The third-order valence-electron chi connectivity index (χ3n) is 4.13. The van der Waals surface area contributed by atoms with Gasteiger partial charge in [0, 0.05) is 22.5 Å². The summed E-state index contributed by atoms with van der Waals surface area (Å²) in [7, 11) is 0. The zero-order valence-corrected chi connectivity index (χ0v) is 14.2. The maximum Gasteiger partial charge on any atom is 0.226 e. The largest absolute Gasteiger partial charge is 0.508 e. The van der Waals surface area contributed by atoms with Crippen molar-refractivity contribution in [3.63, 3.8) is 0 Å². The van der Waals surface area contributed by atoms with Gasteiger partial charge in [-0.2, -0.15) is 0 Å². The summed E-state index contributed by atoms with van der Waals surface area (Å²) in [6.07, 6.45) is 2.03. The number of hydrogen-bond donors (Lipinski definition) is 2. The van der Waals surface area contributed by atoms with E-state index in [0.717, 1.165) is 21.4 Å². The van der Waals surface area contributed by atoms with E-state index in [4.69, 9.17) is 0 Å². The molecule has 0 fully saturated rings. The summed E-state index contributed by atoms with van der Waals surface area (Å²) in [5.74, 6) is 0.631. The van der Waals surface area contributed by atoms with Crippen molar-refractivity contribution in [2.75, 3.05) is 5.32 Å². The number of carbonyl (C=O) groups is 1. The third-order valence-corrected chi connectivity index (χ3v) is 4.63. The summed E-state index contributed by atoms with van der Waals surface area (Å²) in [6, 6.07) is 14.8. The van der Waals surface area contributed by atoms with Crippen LogP contribution in [0, 0.1) is 0 Å². The van der Waals surface area contributed by atoms with Crippen molar-refractivity contribution in [3.05, 3.63) is 70.6 Å². The molecule has 0 saturated carbocycles. The molecule has 3 aromatic rings. The van der Waals surface area contributed by atoms with Crippen LogP contribution < -0.4 is 5.32 Å². The molecule has 0 radical (unpaired) electrons. The van der Waals surface area contributed by atoms with E-state index in [-0.39, 0.29) is 17.6 Å². The fourth-order valence-electron chi connectivity index (χ4n) is 3.05. The van der Waals surface area contributed by atoms with E-state index in [1.165, 1.54) is 0 Å². The Morgan fingerprint density at radius 3 is 2.83 bits per heavy atom. The summed E-state index contributed by atoms with van der Waals surface area (Å²) in [5.41, 5.74) is 2.60. The lowest BCUT2D eigenvalue weighted by Gasteiger charge is -2.23. The van der Waals surface area contributed by atoms with Crippen LogP contribution in [0.1, 0.15) is 23.6 Å². The summed E-state index contributed by atoms with van der Waals surface area (Å²) in [5, 5.41) is 12.7. The second-order valence-corrected chi connectivity index (χ2v) is 6.64. The molecule has 24 heavy (non-hydrogen) atoms. The fraction of sp³-hybridized carbons (Fsp3) is 0.111. The van der Waals surface area contributed by atoms with Crippen molar-refractivity contribution in [3.8, 4) is 11.4 Å². The summed E-state index contributed by atoms with van der Waals surface area (Å²) < 4.78 is 2.82. The minimum Gasteiger partial charge on any atom is -0.508 e. The van der Waals surface area contributed by atoms with Gasteiger partial charge in [0.1, 0.15) is 17.9 Å².